The number of carbonyl (C=O) groups is 2. The molecule has 0 aliphatic rings. The minimum absolute atomic E-state index is 0.0552. The molecule has 2 amide bonds. The van der Waals surface area contributed by atoms with E-state index in [1.54, 1.807) is 11.3 Å². The van der Waals surface area contributed by atoms with Crippen LogP contribution in [0.1, 0.15) is 43.4 Å². The Kier molecular flexibility index (Phi) is 7.43. The number of hydrogen-bond acceptors (Lipinski definition) is 3. The van der Waals surface area contributed by atoms with Crippen molar-refractivity contribution in [1.29, 1.82) is 0 Å². The first kappa shape index (κ1) is 17.7. The highest BCUT2D eigenvalue weighted by Gasteiger charge is 2.10. The van der Waals surface area contributed by atoms with Gasteiger partial charge in [0.25, 0.3) is 0 Å². The number of carbonyl (C=O) groups excluding carboxylic acids is 2. The Bertz CT molecular complexity index is 469. The maximum absolute atomic E-state index is 11.8. The van der Waals surface area contributed by atoms with E-state index < -0.39 is 0 Å². The van der Waals surface area contributed by atoms with Gasteiger partial charge in [0.15, 0.2) is 0 Å². The molecule has 2 N–H and O–H groups in total. The molecule has 1 aromatic heterocycles. The van der Waals surface area contributed by atoms with E-state index >= 15 is 0 Å². The molecule has 5 heteroatoms. The number of nitrogens with one attached hydrogen (secondary N) is 2. The number of aryl methyl sites for hydroxylation is 1. The fraction of sp³-hybridized carbons (Fsp3) is 0.625. The van der Waals surface area contributed by atoms with E-state index in [1.165, 1.54) is 9.75 Å². The zero-order chi connectivity index (χ0) is 15.8. The van der Waals surface area contributed by atoms with Crippen molar-refractivity contribution in [1.82, 2.24) is 10.6 Å². The molecule has 0 spiro atoms. The van der Waals surface area contributed by atoms with Crippen LogP contribution in [0.2, 0.25) is 0 Å². The first-order valence-corrected chi connectivity index (χ1v) is 8.30. The van der Waals surface area contributed by atoms with Crippen molar-refractivity contribution < 1.29 is 9.59 Å². The Morgan fingerprint density at radius 2 is 1.90 bits per heavy atom. The van der Waals surface area contributed by atoms with Gasteiger partial charge >= 0.3 is 0 Å². The van der Waals surface area contributed by atoms with Gasteiger partial charge in [-0.2, -0.15) is 0 Å². The number of rotatable bonds is 8. The Hall–Kier alpha value is -1.36. The van der Waals surface area contributed by atoms with Crippen LogP contribution in [0.4, 0.5) is 0 Å². The molecule has 1 rings (SSSR count). The smallest absolute Gasteiger partial charge is 0.239 e. The number of thiophene rings is 1. The molecule has 0 aromatic carbocycles. The lowest BCUT2D eigenvalue weighted by Gasteiger charge is -2.13. The standard InChI is InChI=1S/C16H26N2O2S/c1-11(2)5-8-15(19)17-10-16(20)18-12(3)9-14-7-6-13(4)21-14/h6-7,11-12H,5,8-10H2,1-4H3,(H,17,19)(H,18,20). The molecule has 21 heavy (non-hydrogen) atoms. The maximum Gasteiger partial charge on any atom is 0.239 e. The summed E-state index contributed by atoms with van der Waals surface area (Å²) >= 11 is 1.75. The molecule has 1 atom stereocenters. The molecule has 0 saturated heterocycles. The van der Waals surface area contributed by atoms with Crippen LogP contribution in [-0.4, -0.2) is 24.4 Å². The molecule has 0 fully saturated rings. The molecule has 1 aromatic rings. The minimum atomic E-state index is -0.131. The van der Waals surface area contributed by atoms with Crippen molar-refractivity contribution >= 4 is 23.2 Å². The highest BCUT2D eigenvalue weighted by Crippen LogP contribution is 2.16. The SMILES string of the molecule is Cc1ccc(CC(C)NC(=O)CNC(=O)CCC(C)C)s1. The van der Waals surface area contributed by atoms with Gasteiger partial charge in [-0.1, -0.05) is 13.8 Å². The Morgan fingerprint density at radius 1 is 1.19 bits per heavy atom. The third-order valence-corrected chi connectivity index (χ3v) is 4.13. The summed E-state index contributed by atoms with van der Waals surface area (Å²) in [6.07, 6.45) is 2.15. The molecule has 0 aliphatic carbocycles. The van der Waals surface area contributed by atoms with Crippen molar-refractivity contribution in [3.05, 3.63) is 21.9 Å². The van der Waals surface area contributed by atoms with Gasteiger partial charge in [-0.3, -0.25) is 9.59 Å². The van der Waals surface area contributed by atoms with Crippen LogP contribution in [-0.2, 0) is 16.0 Å². The summed E-state index contributed by atoms with van der Waals surface area (Å²) < 4.78 is 0. The van der Waals surface area contributed by atoms with Crippen LogP contribution in [0.5, 0.6) is 0 Å². The van der Waals surface area contributed by atoms with Crippen molar-refractivity contribution in [2.45, 2.75) is 53.0 Å². The summed E-state index contributed by atoms with van der Waals surface area (Å²) in [5.74, 6) is 0.313. The molecule has 0 bridgehead atoms. The highest BCUT2D eigenvalue weighted by molar-refractivity contribution is 7.11. The monoisotopic (exact) mass is 310 g/mol. The Morgan fingerprint density at radius 3 is 2.48 bits per heavy atom. The average molecular weight is 310 g/mol. The second kappa shape index (κ2) is 8.82. The summed E-state index contributed by atoms with van der Waals surface area (Å²) in [6, 6.07) is 4.25. The normalized spacial score (nSPS) is 12.2. The Balaban J connectivity index is 2.22. The van der Waals surface area contributed by atoms with Gasteiger partial charge in [-0.25, -0.2) is 0 Å². The van der Waals surface area contributed by atoms with Gasteiger partial charge in [0.05, 0.1) is 6.54 Å². The molecule has 1 heterocycles. The maximum atomic E-state index is 11.8. The molecule has 118 valence electrons. The van der Waals surface area contributed by atoms with E-state index in [9.17, 15) is 9.59 Å². The predicted octanol–water partition coefficient (Wildman–Crippen LogP) is 2.66. The molecule has 0 radical (unpaired) electrons. The van der Waals surface area contributed by atoms with E-state index in [4.69, 9.17) is 0 Å². The van der Waals surface area contributed by atoms with Gasteiger partial charge in [0, 0.05) is 28.6 Å². The van der Waals surface area contributed by atoms with Crippen molar-refractivity contribution in [2.24, 2.45) is 5.92 Å². The third kappa shape index (κ3) is 7.85. The summed E-state index contributed by atoms with van der Waals surface area (Å²) in [5, 5.41) is 5.57. The lowest BCUT2D eigenvalue weighted by atomic mass is 10.1. The fourth-order valence-corrected chi connectivity index (χ4v) is 2.98. The van der Waals surface area contributed by atoms with E-state index in [2.05, 4.69) is 43.5 Å². The van der Waals surface area contributed by atoms with Crippen LogP contribution in [0.15, 0.2) is 12.1 Å². The number of amides is 2. The van der Waals surface area contributed by atoms with Gasteiger partial charge in [0.1, 0.15) is 0 Å². The van der Waals surface area contributed by atoms with Crippen LogP contribution < -0.4 is 10.6 Å². The molecule has 0 saturated carbocycles. The first-order valence-electron chi connectivity index (χ1n) is 7.48. The fourth-order valence-electron chi connectivity index (χ4n) is 1.96. The Labute approximate surface area is 131 Å². The van der Waals surface area contributed by atoms with Gasteiger partial charge in [-0.15, -0.1) is 11.3 Å². The van der Waals surface area contributed by atoms with Crippen molar-refractivity contribution in [3.63, 3.8) is 0 Å². The summed E-state index contributed by atoms with van der Waals surface area (Å²) in [4.78, 5) is 25.9. The highest BCUT2D eigenvalue weighted by atomic mass is 32.1. The molecular formula is C16H26N2O2S. The van der Waals surface area contributed by atoms with Gasteiger partial charge < -0.3 is 10.6 Å². The summed E-state index contributed by atoms with van der Waals surface area (Å²) in [7, 11) is 0. The van der Waals surface area contributed by atoms with E-state index in [0.29, 0.717) is 12.3 Å². The average Bonchev–Trinajstić information content (AvgIpc) is 2.79. The summed E-state index contributed by atoms with van der Waals surface area (Å²) in [5.41, 5.74) is 0. The van der Waals surface area contributed by atoms with Crippen LogP contribution in [0.3, 0.4) is 0 Å². The molecule has 1 unspecified atom stereocenters. The molecule has 4 nitrogen and oxygen atoms in total. The zero-order valence-corrected chi connectivity index (χ0v) is 14.2. The second-order valence-corrected chi connectivity index (χ2v) is 7.27. The first-order chi connectivity index (χ1) is 9.86. The minimum Gasteiger partial charge on any atom is -0.352 e. The van der Waals surface area contributed by atoms with E-state index in [1.807, 2.05) is 6.92 Å². The van der Waals surface area contributed by atoms with E-state index in [0.717, 1.165) is 12.8 Å². The predicted molar refractivity (Wildman–Crippen MR) is 87.4 cm³/mol. The van der Waals surface area contributed by atoms with Crippen LogP contribution in [0.25, 0.3) is 0 Å². The van der Waals surface area contributed by atoms with E-state index in [-0.39, 0.29) is 24.4 Å². The van der Waals surface area contributed by atoms with Crippen LogP contribution in [0, 0.1) is 12.8 Å². The lowest BCUT2D eigenvalue weighted by Crippen LogP contribution is -2.41. The lowest BCUT2D eigenvalue weighted by molar-refractivity contribution is -0.126. The van der Waals surface area contributed by atoms with Gasteiger partial charge in [0.2, 0.25) is 11.8 Å². The summed E-state index contributed by atoms with van der Waals surface area (Å²) in [6.45, 7) is 8.27. The quantitative estimate of drug-likeness (QED) is 0.775. The third-order valence-electron chi connectivity index (χ3n) is 3.11. The van der Waals surface area contributed by atoms with Gasteiger partial charge in [-0.05, 0) is 38.3 Å². The number of hydrogen-bond donors (Lipinski definition) is 2. The molecular weight excluding hydrogens is 284 g/mol. The zero-order valence-electron chi connectivity index (χ0n) is 13.4. The second-order valence-electron chi connectivity index (χ2n) is 5.89. The van der Waals surface area contributed by atoms with Crippen molar-refractivity contribution in [2.75, 3.05) is 6.54 Å². The largest absolute Gasteiger partial charge is 0.352 e. The molecule has 0 aliphatic heterocycles. The topological polar surface area (TPSA) is 58.2 Å². The van der Waals surface area contributed by atoms with Crippen molar-refractivity contribution in [3.8, 4) is 0 Å². The van der Waals surface area contributed by atoms with Crippen LogP contribution >= 0.6 is 11.3 Å².